The molecule has 0 atom stereocenters. The second-order valence-corrected chi connectivity index (χ2v) is 8.22. The van der Waals surface area contributed by atoms with Crippen LogP contribution in [0.15, 0.2) is 64.0 Å². The van der Waals surface area contributed by atoms with E-state index in [4.69, 9.17) is 11.6 Å². The quantitative estimate of drug-likeness (QED) is 0.362. The van der Waals surface area contributed by atoms with E-state index in [1.165, 1.54) is 4.90 Å². The van der Waals surface area contributed by atoms with Crippen LogP contribution in [0.3, 0.4) is 0 Å². The standard InChI is InChI=1S/C20H12BrClN2O2S/c21-15-7-5-12(6-8-15)9-17-19(25)24(20(26)27-17)11-14-10-13-3-1-2-4-16(13)23-18(14)22/h1-10H,11H2/b17-9-. The van der Waals surface area contributed by atoms with Crippen molar-refractivity contribution in [2.75, 3.05) is 0 Å². The summed E-state index contributed by atoms with van der Waals surface area (Å²) in [5.41, 5.74) is 2.27. The van der Waals surface area contributed by atoms with Crippen LogP contribution >= 0.6 is 39.3 Å². The SMILES string of the molecule is O=C1S/C(=C\c2ccc(Br)cc2)C(=O)N1Cc1cc2ccccc2nc1Cl. The summed E-state index contributed by atoms with van der Waals surface area (Å²) in [7, 11) is 0. The van der Waals surface area contributed by atoms with Gasteiger partial charge in [0, 0.05) is 15.4 Å². The van der Waals surface area contributed by atoms with Gasteiger partial charge in [0.05, 0.1) is 17.0 Å². The van der Waals surface area contributed by atoms with Gasteiger partial charge in [-0.3, -0.25) is 14.5 Å². The van der Waals surface area contributed by atoms with E-state index in [0.717, 1.165) is 32.7 Å². The second-order valence-electron chi connectivity index (χ2n) is 5.95. The summed E-state index contributed by atoms with van der Waals surface area (Å²) in [6.45, 7) is 0.0962. The van der Waals surface area contributed by atoms with Crippen LogP contribution in [-0.4, -0.2) is 21.0 Å². The maximum atomic E-state index is 12.7. The molecule has 4 nitrogen and oxygen atoms in total. The lowest BCUT2D eigenvalue weighted by Crippen LogP contribution is -2.27. The Morgan fingerprint density at radius 1 is 1.11 bits per heavy atom. The Morgan fingerprint density at radius 2 is 1.85 bits per heavy atom. The van der Waals surface area contributed by atoms with Gasteiger partial charge in [0.25, 0.3) is 11.1 Å². The van der Waals surface area contributed by atoms with E-state index < -0.39 is 0 Å². The Balaban J connectivity index is 1.61. The monoisotopic (exact) mass is 458 g/mol. The Morgan fingerprint density at radius 3 is 2.63 bits per heavy atom. The van der Waals surface area contributed by atoms with Crippen LogP contribution in [-0.2, 0) is 11.3 Å². The van der Waals surface area contributed by atoms with Crippen LogP contribution in [0.4, 0.5) is 4.79 Å². The number of rotatable bonds is 3. The molecular formula is C20H12BrClN2O2S. The van der Waals surface area contributed by atoms with E-state index in [0.29, 0.717) is 15.6 Å². The number of para-hydroxylation sites is 1. The summed E-state index contributed by atoms with van der Waals surface area (Å²) in [6.07, 6.45) is 1.72. The van der Waals surface area contributed by atoms with Crippen molar-refractivity contribution in [3.05, 3.63) is 80.3 Å². The number of carbonyl (C=O) groups is 2. The summed E-state index contributed by atoms with van der Waals surface area (Å²) in [5.74, 6) is -0.322. The molecular weight excluding hydrogens is 448 g/mol. The van der Waals surface area contributed by atoms with Gasteiger partial charge in [0.15, 0.2) is 0 Å². The lowest BCUT2D eigenvalue weighted by Gasteiger charge is -2.14. The van der Waals surface area contributed by atoms with Crippen LogP contribution in [0.5, 0.6) is 0 Å². The molecule has 2 aromatic carbocycles. The lowest BCUT2D eigenvalue weighted by molar-refractivity contribution is -0.123. The van der Waals surface area contributed by atoms with Gasteiger partial charge < -0.3 is 0 Å². The number of aromatic nitrogens is 1. The van der Waals surface area contributed by atoms with E-state index in [2.05, 4.69) is 20.9 Å². The molecule has 0 N–H and O–H groups in total. The molecule has 1 aliphatic heterocycles. The number of imide groups is 1. The molecule has 134 valence electrons. The molecule has 2 heterocycles. The van der Waals surface area contributed by atoms with Gasteiger partial charge in [-0.1, -0.05) is 57.9 Å². The zero-order valence-corrected chi connectivity index (χ0v) is 17.0. The highest BCUT2D eigenvalue weighted by atomic mass is 79.9. The smallest absolute Gasteiger partial charge is 0.268 e. The van der Waals surface area contributed by atoms with Crippen molar-refractivity contribution in [2.45, 2.75) is 6.54 Å². The zero-order valence-electron chi connectivity index (χ0n) is 13.9. The minimum absolute atomic E-state index is 0.0962. The topological polar surface area (TPSA) is 50.3 Å². The molecule has 1 aliphatic rings. The minimum atomic E-state index is -0.322. The van der Waals surface area contributed by atoms with E-state index in [9.17, 15) is 9.59 Å². The fourth-order valence-electron chi connectivity index (χ4n) is 2.76. The van der Waals surface area contributed by atoms with Crippen molar-refractivity contribution >= 4 is 67.4 Å². The molecule has 0 spiro atoms. The van der Waals surface area contributed by atoms with Crippen molar-refractivity contribution in [1.29, 1.82) is 0 Å². The molecule has 1 saturated heterocycles. The first kappa shape index (κ1) is 18.2. The molecule has 27 heavy (non-hydrogen) atoms. The van der Waals surface area contributed by atoms with Crippen molar-refractivity contribution in [3.63, 3.8) is 0 Å². The van der Waals surface area contributed by atoms with Gasteiger partial charge in [0.2, 0.25) is 0 Å². The predicted molar refractivity (Wildman–Crippen MR) is 112 cm³/mol. The molecule has 0 saturated carbocycles. The summed E-state index contributed by atoms with van der Waals surface area (Å²) < 4.78 is 0.950. The van der Waals surface area contributed by atoms with Crippen LogP contribution in [0.25, 0.3) is 17.0 Å². The number of hydrogen-bond acceptors (Lipinski definition) is 4. The van der Waals surface area contributed by atoms with Crippen LogP contribution in [0, 0.1) is 0 Å². The molecule has 0 aliphatic carbocycles. The van der Waals surface area contributed by atoms with Gasteiger partial charge in [0.1, 0.15) is 5.15 Å². The van der Waals surface area contributed by atoms with E-state index in [1.807, 2.05) is 54.6 Å². The number of carbonyl (C=O) groups excluding carboxylic acids is 2. The largest absolute Gasteiger partial charge is 0.293 e. The molecule has 7 heteroatoms. The first-order valence-electron chi connectivity index (χ1n) is 8.06. The number of benzene rings is 2. The molecule has 0 radical (unpaired) electrons. The zero-order chi connectivity index (χ0) is 19.0. The summed E-state index contributed by atoms with van der Waals surface area (Å²) in [4.78, 5) is 31.0. The van der Waals surface area contributed by atoms with Crippen LogP contribution in [0.2, 0.25) is 5.15 Å². The van der Waals surface area contributed by atoms with Crippen molar-refractivity contribution in [1.82, 2.24) is 9.88 Å². The van der Waals surface area contributed by atoms with Crippen molar-refractivity contribution < 1.29 is 9.59 Å². The number of thioether (sulfide) groups is 1. The Hall–Kier alpha value is -2.15. The molecule has 4 rings (SSSR count). The third kappa shape index (κ3) is 3.78. The third-order valence-corrected chi connectivity index (χ3v) is 5.88. The van der Waals surface area contributed by atoms with Crippen LogP contribution < -0.4 is 0 Å². The number of hydrogen-bond donors (Lipinski definition) is 0. The summed E-state index contributed by atoms with van der Waals surface area (Å²) in [6, 6.07) is 17.0. The average Bonchev–Trinajstić information content (AvgIpc) is 2.91. The van der Waals surface area contributed by atoms with E-state index >= 15 is 0 Å². The molecule has 1 fully saturated rings. The van der Waals surface area contributed by atoms with Crippen molar-refractivity contribution in [2.24, 2.45) is 0 Å². The first-order chi connectivity index (χ1) is 13.0. The van der Waals surface area contributed by atoms with Gasteiger partial charge >= 0.3 is 0 Å². The maximum absolute atomic E-state index is 12.7. The first-order valence-corrected chi connectivity index (χ1v) is 10.0. The van der Waals surface area contributed by atoms with Crippen molar-refractivity contribution in [3.8, 4) is 0 Å². The Bertz CT molecular complexity index is 1100. The Kier molecular flexibility index (Phi) is 5.04. The molecule has 2 amide bonds. The van der Waals surface area contributed by atoms with E-state index in [-0.39, 0.29) is 17.7 Å². The predicted octanol–water partition coefficient (Wildman–Crippen LogP) is 5.89. The van der Waals surface area contributed by atoms with E-state index in [1.54, 1.807) is 6.08 Å². The average molecular weight is 460 g/mol. The molecule has 1 aromatic heterocycles. The summed E-state index contributed by atoms with van der Waals surface area (Å²) >= 11 is 10.6. The number of fused-ring (bicyclic) bond motifs is 1. The molecule has 0 bridgehead atoms. The molecule has 3 aromatic rings. The minimum Gasteiger partial charge on any atom is -0.268 e. The van der Waals surface area contributed by atoms with Crippen LogP contribution in [0.1, 0.15) is 11.1 Å². The van der Waals surface area contributed by atoms with Gasteiger partial charge in [-0.25, -0.2) is 4.98 Å². The number of nitrogens with zero attached hydrogens (tertiary/aromatic N) is 2. The maximum Gasteiger partial charge on any atom is 0.293 e. The lowest BCUT2D eigenvalue weighted by atomic mass is 10.1. The van der Waals surface area contributed by atoms with Gasteiger partial charge in [-0.2, -0.15) is 0 Å². The number of amides is 2. The number of halogens is 2. The number of pyridine rings is 1. The normalized spacial score (nSPS) is 15.9. The highest BCUT2D eigenvalue weighted by molar-refractivity contribution is 9.10. The Labute approximate surface area is 173 Å². The fourth-order valence-corrected chi connectivity index (χ4v) is 4.07. The second kappa shape index (κ2) is 7.46. The molecule has 0 unspecified atom stereocenters. The highest BCUT2D eigenvalue weighted by Gasteiger charge is 2.35. The summed E-state index contributed by atoms with van der Waals surface area (Å²) in [5, 5.41) is 0.895. The fraction of sp³-hybridized carbons (Fsp3) is 0.0500. The van der Waals surface area contributed by atoms with Gasteiger partial charge in [-0.05, 0) is 47.7 Å². The highest BCUT2D eigenvalue weighted by Crippen LogP contribution is 2.34. The third-order valence-electron chi connectivity index (χ3n) is 4.12. The van der Waals surface area contributed by atoms with Gasteiger partial charge in [-0.15, -0.1) is 0 Å².